The van der Waals surface area contributed by atoms with Crippen LogP contribution in [0.5, 0.6) is 0 Å². The fraction of sp³-hybridized carbons (Fsp3) is 0.250. The number of hydrogen-bond donors (Lipinski definition) is 1. The van der Waals surface area contributed by atoms with Crippen molar-refractivity contribution in [2.45, 2.75) is 19.8 Å². The van der Waals surface area contributed by atoms with Gasteiger partial charge in [-0.25, -0.2) is 0 Å². The van der Waals surface area contributed by atoms with Gasteiger partial charge in [0.15, 0.2) is 0 Å². The first-order chi connectivity index (χ1) is 12.1. The standard InChI is InChI=1S/C20H21N3O2/c1-15-6-8-18-17(12-15)5-3-11-23(18)20(25)14-22-19(24)9-7-16-4-2-10-21-13-16/h2,4,6-10,12-13H,3,5,11,14H2,1H3,(H,22,24)/b9-7-. The van der Waals surface area contributed by atoms with Crippen molar-refractivity contribution in [2.75, 3.05) is 18.0 Å². The highest BCUT2D eigenvalue weighted by atomic mass is 16.2. The molecule has 1 aliphatic heterocycles. The second-order valence-corrected chi connectivity index (χ2v) is 6.12. The van der Waals surface area contributed by atoms with Crippen molar-refractivity contribution < 1.29 is 9.59 Å². The number of fused-ring (bicyclic) bond motifs is 1. The van der Waals surface area contributed by atoms with E-state index in [2.05, 4.69) is 23.3 Å². The molecule has 0 atom stereocenters. The summed E-state index contributed by atoms with van der Waals surface area (Å²) >= 11 is 0. The summed E-state index contributed by atoms with van der Waals surface area (Å²) in [4.78, 5) is 30.2. The number of pyridine rings is 1. The van der Waals surface area contributed by atoms with Crippen molar-refractivity contribution in [3.8, 4) is 0 Å². The van der Waals surface area contributed by atoms with Gasteiger partial charge in [0, 0.05) is 30.7 Å². The molecule has 0 saturated heterocycles. The van der Waals surface area contributed by atoms with Gasteiger partial charge in [0.05, 0.1) is 6.54 Å². The Morgan fingerprint density at radius 3 is 3.00 bits per heavy atom. The summed E-state index contributed by atoms with van der Waals surface area (Å²) in [6, 6.07) is 9.79. The van der Waals surface area contributed by atoms with E-state index in [1.54, 1.807) is 29.4 Å². The lowest BCUT2D eigenvalue weighted by molar-refractivity contribution is -0.122. The van der Waals surface area contributed by atoms with Crippen LogP contribution < -0.4 is 10.2 Å². The first-order valence-corrected chi connectivity index (χ1v) is 8.39. The van der Waals surface area contributed by atoms with Crippen LogP contribution in [0.15, 0.2) is 48.8 Å². The third-order valence-corrected chi connectivity index (χ3v) is 4.18. The van der Waals surface area contributed by atoms with Gasteiger partial charge in [0.2, 0.25) is 11.8 Å². The summed E-state index contributed by atoms with van der Waals surface area (Å²) in [5.41, 5.74) is 4.19. The Hall–Kier alpha value is -2.95. The Morgan fingerprint density at radius 1 is 1.32 bits per heavy atom. The lowest BCUT2D eigenvalue weighted by Gasteiger charge is -2.29. The predicted molar refractivity (Wildman–Crippen MR) is 98.1 cm³/mol. The number of nitrogens with zero attached hydrogens (tertiary/aromatic N) is 2. The Kier molecular flexibility index (Phi) is 5.23. The number of carbonyl (C=O) groups is 2. The molecule has 0 aliphatic carbocycles. The summed E-state index contributed by atoms with van der Waals surface area (Å²) in [5, 5.41) is 2.65. The van der Waals surface area contributed by atoms with E-state index in [1.807, 2.05) is 18.2 Å². The maximum atomic E-state index is 12.5. The quantitative estimate of drug-likeness (QED) is 0.873. The van der Waals surface area contributed by atoms with Gasteiger partial charge >= 0.3 is 0 Å². The Morgan fingerprint density at radius 2 is 2.20 bits per heavy atom. The van der Waals surface area contributed by atoms with Crippen LogP contribution in [0.4, 0.5) is 5.69 Å². The number of aryl methyl sites for hydroxylation is 2. The van der Waals surface area contributed by atoms with Crippen LogP contribution in [-0.4, -0.2) is 29.9 Å². The van der Waals surface area contributed by atoms with Gasteiger partial charge in [0.1, 0.15) is 0 Å². The average molecular weight is 335 g/mol. The van der Waals surface area contributed by atoms with E-state index in [0.29, 0.717) is 6.54 Å². The molecule has 3 rings (SSSR count). The molecule has 0 saturated carbocycles. The van der Waals surface area contributed by atoms with Crippen LogP contribution in [0.2, 0.25) is 0 Å². The fourth-order valence-electron chi connectivity index (χ4n) is 2.95. The van der Waals surface area contributed by atoms with Crippen molar-refractivity contribution in [2.24, 2.45) is 0 Å². The molecule has 0 bridgehead atoms. The molecule has 0 radical (unpaired) electrons. The lowest BCUT2D eigenvalue weighted by atomic mass is 9.99. The molecular weight excluding hydrogens is 314 g/mol. The summed E-state index contributed by atoms with van der Waals surface area (Å²) in [6.07, 6.45) is 8.36. The van der Waals surface area contributed by atoms with E-state index in [9.17, 15) is 9.59 Å². The molecule has 128 valence electrons. The number of amides is 2. The Bertz CT molecular complexity index is 800. The number of hydrogen-bond acceptors (Lipinski definition) is 3. The molecule has 1 aromatic carbocycles. The highest BCUT2D eigenvalue weighted by Gasteiger charge is 2.22. The topological polar surface area (TPSA) is 62.3 Å². The number of benzene rings is 1. The Balaban J connectivity index is 1.58. The zero-order chi connectivity index (χ0) is 17.6. The van der Waals surface area contributed by atoms with E-state index in [4.69, 9.17) is 0 Å². The average Bonchev–Trinajstić information content (AvgIpc) is 2.64. The lowest BCUT2D eigenvalue weighted by Crippen LogP contribution is -2.42. The summed E-state index contributed by atoms with van der Waals surface area (Å²) < 4.78 is 0. The maximum absolute atomic E-state index is 12.5. The molecule has 1 N–H and O–H groups in total. The second-order valence-electron chi connectivity index (χ2n) is 6.12. The molecule has 2 amide bonds. The van der Waals surface area contributed by atoms with Crippen LogP contribution in [0.3, 0.4) is 0 Å². The van der Waals surface area contributed by atoms with E-state index in [-0.39, 0.29) is 18.4 Å². The molecule has 2 heterocycles. The van der Waals surface area contributed by atoms with Crippen LogP contribution in [-0.2, 0) is 16.0 Å². The van der Waals surface area contributed by atoms with Crippen molar-refractivity contribution >= 4 is 23.6 Å². The molecular formula is C20H21N3O2. The zero-order valence-electron chi connectivity index (χ0n) is 14.2. The Labute approximate surface area is 147 Å². The molecule has 5 heteroatoms. The predicted octanol–water partition coefficient (Wildman–Crippen LogP) is 2.50. The van der Waals surface area contributed by atoms with Crippen LogP contribution in [0, 0.1) is 6.92 Å². The minimum Gasteiger partial charge on any atom is -0.343 e. The highest BCUT2D eigenvalue weighted by molar-refractivity contribution is 6.00. The third kappa shape index (κ3) is 4.32. The number of aromatic nitrogens is 1. The number of carbonyl (C=O) groups excluding carboxylic acids is 2. The van der Waals surface area contributed by atoms with Gasteiger partial charge in [-0.1, -0.05) is 23.8 Å². The minimum atomic E-state index is -0.293. The maximum Gasteiger partial charge on any atom is 0.246 e. The first kappa shape index (κ1) is 16.9. The van der Waals surface area contributed by atoms with Gasteiger partial charge in [-0.15, -0.1) is 0 Å². The SMILES string of the molecule is Cc1ccc2c(c1)CCCN2C(=O)CNC(=O)/C=C\c1cccnc1. The van der Waals surface area contributed by atoms with Crippen LogP contribution >= 0.6 is 0 Å². The minimum absolute atomic E-state index is 0.0104. The molecule has 0 spiro atoms. The van der Waals surface area contributed by atoms with Gasteiger partial charge < -0.3 is 10.2 Å². The summed E-state index contributed by atoms with van der Waals surface area (Å²) in [5.74, 6) is -0.383. The van der Waals surface area contributed by atoms with Crippen molar-refractivity contribution in [1.82, 2.24) is 10.3 Å². The molecule has 1 aromatic heterocycles. The number of anilines is 1. The first-order valence-electron chi connectivity index (χ1n) is 8.39. The van der Waals surface area contributed by atoms with E-state index in [0.717, 1.165) is 24.1 Å². The highest BCUT2D eigenvalue weighted by Crippen LogP contribution is 2.27. The summed E-state index contributed by atoms with van der Waals surface area (Å²) in [6.45, 7) is 2.73. The van der Waals surface area contributed by atoms with Crippen molar-refractivity contribution in [3.05, 3.63) is 65.5 Å². The van der Waals surface area contributed by atoms with E-state index < -0.39 is 0 Å². The smallest absolute Gasteiger partial charge is 0.246 e. The van der Waals surface area contributed by atoms with Crippen molar-refractivity contribution in [1.29, 1.82) is 0 Å². The van der Waals surface area contributed by atoms with Crippen molar-refractivity contribution in [3.63, 3.8) is 0 Å². The normalized spacial score (nSPS) is 13.6. The largest absolute Gasteiger partial charge is 0.343 e. The molecule has 0 fully saturated rings. The van der Waals surface area contributed by atoms with Crippen LogP contribution in [0.1, 0.15) is 23.1 Å². The van der Waals surface area contributed by atoms with Crippen LogP contribution in [0.25, 0.3) is 6.08 Å². The van der Waals surface area contributed by atoms with Gasteiger partial charge in [-0.2, -0.15) is 0 Å². The molecule has 2 aromatic rings. The second kappa shape index (κ2) is 7.75. The zero-order valence-corrected chi connectivity index (χ0v) is 14.2. The molecule has 25 heavy (non-hydrogen) atoms. The van der Waals surface area contributed by atoms with Gasteiger partial charge in [-0.3, -0.25) is 14.6 Å². The molecule has 1 aliphatic rings. The number of rotatable bonds is 4. The summed E-state index contributed by atoms with van der Waals surface area (Å²) in [7, 11) is 0. The van der Waals surface area contributed by atoms with Gasteiger partial charge in [-0.05, 0) is 49.1 Å². The number of nitrogens with one attached hydrogen (secondary N) is 1. The van der Waals surface area contributed by atoms with Gasteiger partial charge in [0.25, 0.3) is 0 Å². The monoisotopic (exact) mass is 335 g/mol. The van der Waals surface area contributed by atoms with E-state index >= 15 is 0 Å². The van der Waals surface area contributed by atoms with E-state index in [1.165, 1.54) is 17.2 Å². The molecule has 5 nitrogen and oxygen atoms in total. The third-order valence-electron chi connectivity index (χ3n) is 4.18. The fourth-order valence-corrected chi connectivity index (χ4v) is 2.95. The molecule has 0 unspecified atom stereocenters.